The Morgan fingerprint density at radius 3 is 2.67 bits per heavy atom. The number of hydrogen-bond donors (Lipinski definition) is 1. The molecule has 0 radical (unpaired) electrons. The molecule has 0 aliphatic carbocycles. The summed E-state index contributed by atoms with van der Waals surface area (Å²) in [6, 6.07) is 21.3. The molecule has 0 saturated heterocycles. The van der Waals surface area contributed by atoms with Gasteiger partial charge < -0.3 is 9.30 Å². The van der Waals surface area contributed by atoms with Gasteiger partial charge >= 0.3 is 0 Å². The number of aliphatic imine (C=N–C) groups is 1. The fraction of sp³-hybridized carbons (Fsp3) is 0.172. The van der Waals surface area contributed by atoms with Crippen LogP contribution in [0.1, 0.15) is 34.0 Å². The van der Waals surface area contributed by atoms with Gasteiger partial charge in [-0.3, -0.25) is 19.9 Å². The zero-order valence-electron chi connectivity index (χ0n) is 20.2. The third-order valence-electron chi connectivity index (χ3n) is 6.19. The zero-order chi connectivity index (χ0) is 25.1. The molecule has 1 N–H and O–H groups in total. The Kier molecular flexibility index (Phi) is 6.45. The van der Waals surface area contributed by atoms with Crippen LogP contribution in [0, 0.1) is 0 Å². The maximum Gasteiger partial charge on any atom is 0.257 e. The van der Waals surface area contributed by atoms with Crippen LogP contribution in [-0.2, 0) is 17.8 Å². The quantitative estimate of drug-likeness (QED) is 0.412. The Morgan fingerprint density at radius 2 is 1.89 bits per heavy atom. The number of aryl methyl sites for hydroxylation is 1. The lowest BCUT2D eigenvalue weighted by molar-refractivity contribution is -0.113. The molecule has 0 atom stereocenters. The number of imidazole rings is 1. The summed E-state index contributed by atoms with van der Waals surface area (Å²) in [7, 11) is 1.61. The van der Waals surface area contributed by atoms with Gasteiger partial charge in [0.2, 0.25) is 5.95 Å². The van der Waals surface area contributed by atoms with Crippen molar-refractivity contribution in [1.29, 1.82) is 0 Å². The van der Waals surface area contributed by atoms with E-state index in [1.807, 2.05) is 65.2 Å². The highest BCUT2D eigenvalue weighted by Crippen LogP contribution is 2.26. The highest BCUT2D eigenvalue weighted by molar-refractivity contribution is 6.16. The first-order valence-corrected chi connectivity index (χ1v) is 11.8. The van der Waals surface area contributed by atoms with Gasteiger partial charge in [-0.1, -0.05) is 37.3 Å². The highest BCUT2D eigenvalue weighted by Gasteiger charge is 2.17. The Labute approximate surface area is 209 Å². The van der Waals surface area contributed by atoms with Gasteiger partial charge in [-0.2, -0.15) is 0 Å². The number of methoxy groups -OCH3 is 1. The van der Waals surface area contributed by atoms with Crippen LogP contribution >= 0.6 is 0 Å². The van der Waals surface area contributed by atoms with E-state index in [9.17, 15) is 9.59 Å². The molecule has 7 heteroatoms. The number of fused-ring (bicyclic) bond motifs is 1. The lowest BCUT2D eigenvalue weighted by atomic mass is 10.0. The second-order valence-electron chi connectivity index (χ2n) is 8.55. The van der Waals surface area contributed by atoms with Crippen LogP contribution in [0.15, 0.2) is 83.9 Å². The summed E-state index contributed by atoms with van der Waals surface area (Å²) >= 11 is 0. The Hall–Kier alpha value is -4.52. The molecule has 1 amide bonds. The van der Waals surface area contributed by atoms with Gasteiger partial charge in [-0.15, -0.1) is 0 Å². The van der Waals surface area contributed by atoms with Crippen molar-refractivity contribution in [2.45, 2.75) is 19.9 Å². The van der Waals surface area contributed by atoms with Gasteiger partial charge in [-0.25, -0.2) is 4.98 Å². The molecule has 4 aromatic rings. The molecule has 3 aromatic carbocycles. The number of aromatic nitrogens is 2. The second-order valence-corrected chi connectivity index (χ2v) is 8.55. The van der Waals surface area contributed by atoms with Crippen LogP contribution in [-0.4, -0.2) is 40.6 Å². The second kappa shape index (κ2) is 10.00. The van der Waals surface area contributed by atoms with Crippen LogP contribution in [0.5, 0.6) is 5.75 Å². The molecule has 1 aliphatic heterocycles. The molecule has 0 spiro atoms. The van der Waals surface area contributed by atoms with Crippen LogP contribution in [0.3, 0.4) is 0 Å². The minimum atomic E-state index is -0.205. The summed E-state index contributed by atoms with van der Waals surface area (Å²) in [5.74, 6) is 0.921. The number of para-hydroxylation sites is 2. The average molecular weight is 479 g/mol. The normalized spacial score (nSPS) is 13.1. The molecule has 2 heterocycles. The van der Waals surface area contributed by atoms with Gasteiger partial charge in [0.1, 0.15) is 12.3 Å². The molecule has 5 rings (SSSR count). The molecule has 7 nitrogen and oxygen atoms in total. The van der Waals surface area contributed by atoms with E-state index < -0.39 is 0 Å². The number of benzene rings is 3. The zero-order valence-corrected chi connectivity index (χ0v) is 20.2. The predicted octanol–water partition coefficient (Wildman–Crippen LogP) is 4.84. The molecule has 0 unspecified atom stereocenters. The molecule has 1 aliphatic rings. The first kappa shape index (κ1) is 23.2. The number of carbonyl (C=O) groups is 2. The number of ether oxygens (including phenoxy) is 1. The summed E-state index contributed by atoms with van der Waals surface area (Å²) in [5, 5.41) is 3.01. The maximum absolute atomic E-state index is 13.1. The van der Waals surface area contributed by atoms with E-state index in [1.165, 1.54) is 0 Å². The Bertz CT molecular complexity index is 1530. The summed E-state index contributed by atoms with van der Waals surface area (Å²) < 4.78 is 7.54. The number of ketones is 1. The third-order valence-corrected chi connectivity index (χ3v) is 6.19. The predicted molar refractivity (Wildman–Crippen MR) is 141 cm³/mol. The number of hydrogen-bond acceptors (Lipinski definition) is 5. The van der Waals surface area contributed by atoms with Crippen LogP contribution < -0.4 is 10.1 Å². The lowest BCUT2D eigenvalue weighted by Gasteiger charge is -2.15. The highest BCUT2D eigenvalue weighted by atomic mass is 16.5. The van der Waals surface area contributed by atoms with Crippen molar-refractivity contribution in [3.05, 3.63) is 101 Å². The minimum Gasteiger partial charge on any atom is -0.496 e. The maximum atomic E-state index is 13.1. The molecule has 180 valence electrons. The average Bonchev–Trinajstić information content (AvgIpc) is 3.25. The topological polar surface area (TPSA) is 85.6 Å². The number of amides is 1. The molecular weight excluding hydrogens is 452 g/mol. The Balaban J connectivity index is 1.51. The number of dihydropyridines is 1. The van der Waals surface area contributed by atoms with Crippen molar-refractivity contribution in [3.8, 4) is 5.75 Å². The van der Waals surface area contributed by atoms with Crippen molar-refractivity contribution in [1.82, 2.24) is 9.55 Å². The van der Waals surface area contributed by atoms with E-state index in [-0.39, 0.29) is 18.2 Å². The van der Waals surface area contributed by atoms with Gasteiger partial charge in [0.25, 0.3) is 5.91 Å². The molecule has 0 saturated carbocycles. The number of nitrogens with zero attached hydrogens (tertiary/aromatic N) is 3. The number of allylic oxidation sites excluding steroid dienone is 1. The smallest absolute Gasteiger partial charge is 0.257 e. The number of carbonyl (C=O) groups excluding carboxylic acids is 2. The first-order valence-electron chi connectivity index (χ1n) is 11.8. The molecule has 0 bridgehead atoms. The summed E-state index contributed by atoms with van der Waals surface area (Å²) in [6.07, 6.45) is 4.11. The molecule has 0 fully saturated rings. The molecule has 36 heavy (non-hydrogen) atoms. The summed E-state index contributed by atoms with van der Waals surface area (Å²) in [6.45, 7) is 2.66. The van der Waals surface area contributed by atoms with Crippen LogP contribution in [0.2, 0.25) is 0 Å². The minimum absolute atomic E-state index is 0.0244. The standard InChI is InChI=1S/C29H26N4O3/c1-3-19-7-6-8-21(15-19)28(35)32-29-31-25-9-4-5-10-26(25)33(29)18-20-11-14-27(36-2)23(16-20)24-13-12-22(34)17-30-24/h4-16H,3,17-18H2,1-2H3,(H,31,32,35). The van der Waals surface area contributed by atoms with E-state index in [0.29, 0.717) is 29.5 Å². The monoisotopic (exact) mass is 478 g/mol. The van der Waals surface area contributed by atoms with Crippen molar-refractivity contribution >= 4 is 34.4 Å². The first-order chi connectivity index (χ1) is 17.6. The summed E-state index contributed by atoms with van der Waals surface area (Å²) in [5.41, 5.74) is 5.89. The largest absolute Gasteiger partial charge is 0.496 e. The van der Waals surface area contributed by atoms with Crippen LogP contribution in [0.4, 0.5) is 5.95 Å². The number of anilines is 1. The molecular formula is C29H26N4O3. The Morgan fingerprint density at radius 1 is 1.03 bits per heavy atom. The van der Waals surface area contributed by atoms with Crippen molar-refractivity contribution in [2.75, 3.05) is 19.0 Å². The van der Waals surface area contributed by atoms with E-state index in [1.54, 1.807) is 25.3 Å². The van der Waals surface area contributed by atoms with Crippen molar-refractivity contribution in [2.24, 2.45) is 4.99 Å². The SMILES string of the molecule is CCc1cccc(C(=O)Nc2nc3ccccc3n2Cc2ccc(OC)c(C3=NCC(=O)C=C3)c2)c1. The van der Waals surface area contributed by atoms with Gasteiger partial charge in [0, 0.05) is 11.1 Å². The van der Waals surface area contributed by atoms with Crippen LogP contribution in [0.25, 0.3) is 11.0 Å². The number of nitrogens with one attached hydrogen (secondary N) is 1. The van der Waals surface area contributed by atoms with E-state index in [2.05, 4.69) is 17.2 Å². The summed E-state index contributed by atoms with van der Waals surface area (Å²) in [4.78, 5) is 33.8. The van der Waals surface area contributed by atoms with Gasteiger partial charge in [-0.05, 0) is 66.1 Å². The fourth-order valence-corrected chi connectivity index (χ4v) is 4.29. The van der Waals surface area contributed by atoms with Gasteiger partial charge in [0.15, 0.2) is 5.78 Å². The van der Waals surface area contributed by atoms with Crippen molar-refractivity contribution in [3.63, 3.8) is 0 Å². The number of rotatable bonds is 7. The molecule has 1 aromatic heterocycles. The van der Waals surface area contributed by atoms with E-state index in [4.69, 9.17) is 9.72 Å². The fourth-order valence-electron chi connectivity index (χ4n) is 4.29. The third kappa shape index (κ3) is 4.68. The van der Waals surface area contributed by atoms with E-state index >= 15 is 0 Å². The van der Waals surface area contributed by atoms with E-state index in [0.717, 1.165) is 34.1 Å². The van der Waals surface area contributed by atoms with Crippen molar-refractivity contribution < 1.29 is 14.3 Å². The lowest BCUT2D eigenvalue weighted by Crippen LogP contribution is -2.17. The van der Waals surface area contributed by atoms with Gasteiger partial charge in [0.05, 0.1) is 30.4 Å².